The molecule has 0 radical (unpaired) electrons. The first-order chi connectivity index (χ1) is 11.6. The highest BCUT2D eigenvalue weighted by Crippen LogP contribution is 2.69. The molecule has 1 saturated heterocycles. The third kappa shape index (κ3) is 2.11. The summed E-state index contributed by atoms with van der Waals surface area (Å²) in [5.74, 6) is -0.270. The summed E-state index contributed by atoms with van der Waals surface area (Å²) in [5.41, 5.74) is -1.39. The summed E-state index contributed by atoms with van der Waals surface area (Å²) < 4.78 is 0. The lowest BCUT2D eigenvalue weighted by Crippen LogP contribution is -2.71. The van der Waals surface area contributed by atoms with Gasteiger partial charge in [-0.25, -0.2) is 0 Å². The fraction of sp³-hybridized carbons (Fsp3) is 0.900. The van der Waals surface area contributed by atoms with Crippen LogP contribution >= 0.6 is 0 Å². The minimum Gasteiger partial charge on any atom is -0.481 e. The Balaban J connectivity index is 1.78. The van der Waals surface area contributed by atoms with Gasteiger partial charge in [0.1, 0.15) is 0 Å². The average molecular weight is 349 g/mol. The number of carbonyl (C=O) groups is 2. The summed E-state index contributed by atoms with van der Waals surface area (Å²) in [6.07, 6.45) is 5.95. The van der Waals surface area contributed by atoms with Crippen molar-refractivity contribution in [3.8, 4) is 0 Å². The predicted molar refractivity (Wildman–Crippen MR) is 92.8 cm³/mol. The molecular weight excluding hydrogens is 318 g/mol. The summed E-state index contributed by atoms with van der Waals surface area (Å²) in [6, 6.07) is 0. The van der Waals surface area contributed by atoms with Crippen LogP contribution in [0.15, 0.2) is 0 Å². The lowest BCUT2D eigenvalue weighted by molar-refractivity contribution is -0.209. The van der Waals surface area contributed by atoms with Gasteiger partial charge < -0.3 is 15.5 Å². The van der Waals surface area contributed by atoms with Crippen LogP contribution in [-0.4, -0.2) is 33.7 Å². The number of piperidine rings is 1. The molecule has 4 aliphatic rings. The molecule has 25 heavy (non-hydrogen) atoms. The van der Waals surface area contributed by atoms with Crippen LogP contribution in [0.3, 0.4) is 0 Å². The van der Waals surface area contributed by atoms with E-state index in [1.54, 1.807) is 0 Å². The van der Waals surface area contributed by atoms with Gasteiger partial charge >= 0.3 is 5.97 Å². The van der Waals surface area contributed by atoms with Gasteiger partial charge in [0.2, 0.25) is 5.91 Å². The summed E-state index contributed by atoms with van der Waals surface area (Å²) in [6.45, 7) is 6.15. The first-order valence-electron chi connectivity index (χ1n) is 9.78. The molecule has 3 saturated carbocycles. The molecular formula is C20H31NO4. The van der Waals surface area contributed by atoms with Gasteiger partial charge in [0, 0.05) is 6.42 Å². The van der Waals surface area contributed by atoms with Crippen LogP contribution in [0, 0.1) is 28.1 Å². The van der Waals surface area contributed by atoms with Crippen molar-refractivity contribution >= 4 is 11.9 Å². The van der Waals surface area contributed by atoms with Gasteiger partial charge in [0.25, 0.3) is 0 Å². The maximum Gasteiger partial charge on any atom is 0.309 e. The van der Waals surface area contributed by atoms with Gasteiger partial charge in [-0.2, -0.15) is 0 Å². The molecule has 0 aromatic carbocycles. The maximum atomic E-state index is 12.5. The molecule has 3 N–H and O–H groups in total. The lowest BCUT2D eigenvalue weighted by atomic mass is 9.38. The largest absolute Gasteiger partial charge is 0.481 e. The molecule has 4 rings (SSSR count). The zero-order valence-electron chi connectivity index (χ0n) is 15.6. The normalized spacial score (nSPS) is 54.9. The van der Waals surface area contributed by atoms with Gasteiger partial charge in [0.15, 0.2) is 0 Å². The van der Waals surface area contributed by atoms with Crippen molar-refractivity contribution in [2.75, 3.05) is 0 Å². The van der Waals surface area contributed by atoms with E-state index in [1.165, 1.54) is 0 Å². The number of carboxylic acid groups (broad SMARTS) is 1. The standard InChI is InChI=1S/C20H31NO4/c1-17-6-4-7-18(2,16(24)25)12(17)5-8-20-10-15(23)21-19(3,11-20)14(22)9-13(17)20/h12-14,22H,4-11H2,1-3H3,(H,21,23)(H,24,25)/t12?,13?,14-,17+,18+,19+,20?/m0/s1. The van der Waals surface area contributed by atoms with Crippen LogP contribution in [-0.2, 0) is 9.59 Å². The van der Waals surface area contributed by atoms with Gasteiger partial charge in [-0.1, -0.05) is 13.3 Å². The van der Waals surface area contributed by atoms with Crippen molar-refractivity contribution in [2.45, 2.75) is 83.8 Å². The number of aliphatic hydroxyl groups excluding tert-OH is 1. The molecule has 1 aliphatic heterocycles. The minimum atomic E-state index is -0.683. The fourth-order valence-electron chi connectivity index (χ4n) is 7.69. The fourth-order valence-corrected chi connectivity index (χ4v) is 7.69. The van der Waals surface area contributed by atoms with Gasteiger partial charge in [-0.3, -0.25) is 9.59 Å². The summed E-state index contributed by atoms with van der Waals surface area (Å²) in [5, 5.41) is 23.8. The molecule has 7 atom stereocenters. The van der Waals surface area contributed by atoms with Crippen molar-refractivity contribution in [3.63, 3.8) is 0 Å². The minimum absolute atomic E-state index is 0.0522. The Kier molecular flexibility index (Phi) is 3.46. The number of carbonyl (C=O) groups excluding carboxylic acids is 1. The number of hydrogen-bond acceptors (Lipinski definition) is 3. The Hall–Kier alpha value is -1.10. The van der Waals surface area contributed by atoms with Crippen LogP contribution in [0.1, 0.15) is 72.1 Å². The second-order valence-electron chi connectivity index (χ2n) is 10.2. The molecule has 5 nitrogen and oxygen atoms in total. The smallest absolute Gasteiger partial charge is 0.309 e. The van der Waals surface area contributed by atoms with Crippen molar-refractivity contribution in [3.05, 3.63) is 0 Å². The average Bonchev–Trinajstić information content (AvgIpc) is 2.48. The second-order valence-corrected chi connectivity index (χ2v) is 10.2. The molecule has 4 fully saturated rings. The van der Waals surface area contributed by atoms with Crippen molar-refractivity contribution in [2.24, 2.45) is 28.1 Å². The number of hydrogen-bond donors (Lipinski definition) is 3. The summed E-state index contributed by atoms with van der Waals surface area (Å²) in [7, 11) is 0. The summed E-state index contributed by atoms with van der Waals surface area (Å²) in [4.78, 5) is 24.6. The molecule has 1 spiro atoms. The van der Waals surface area contributed by atoms with Crippen LogP contribution in [0.25, 0.3) is 0 Å². The number of aliphatic carboxylic acids is 1. The van der Waals surface area contributed by atoms with Crippen molar-refractivity contribution < 1.29 is 19.8 Å². The molecule has 5 heteroatoms. The molecule has 0 aromatic heterocycles. The topological polar surface area (TPSA) is 86.6 Å². The van der Waals surface area contributed by atoms with Crippen LogP contribution in [0.5, 0.6) is 0 Å². The Morgan fingerprint density at radius 1 is 1.16 bits per heavy atom. The van der Waals surface area contributed by atoms with Crippen LogP contribution < -0.4 is 5.32 Å². The third-order valence-corrected chi connectivity index (χ3v) is 8.78. The Bertz CT molecular complexity index is 635. The van der Waals surface area contributed by atoms with E-state index < -0.39 is 23.0 Å². The Labute approximate surface area is 149 Å². The summed E-state index contributed by atoms with van der Waals surface area (Å²) >= 11 is 0. The van der Waals surface area contributed by atoms with E-state index in [4.69, 9.17) is 0 Å². The van der Waals surface area contributed by atoms with Gasteiger partial charge in [0.05, 0.1) is 17.1 Å². The highest BCUT2D eigenvalue weighted by atomic mass is 16.4. The predicted octanol–water partition coefficient (Wildman–Crippen LogP) is 2.71. The Morgan fingerprint density at radius 3 is 2.56 bits per heavy atom. The highest BCUT2D eigenvalue weighted by molar-refractivity contribution is 5.79. The van der Waals surface area contributed by atoms with Gasteiger partial charge in [-0.15, -0.1) is 0 Å². The van der Waals surface area contributed by atoms with Gasteiger partial charge in [-0.05, 0) is 75.0 Å². The Morgan fingerprint density at radius 2 is 1.88 bits per heavy atom. The molecule has 1 heterocycles. The van der Waals surface area contributed by atoms with E-state index in [9.17, 15) is 19.8 Å². The number of carboxylic acids is 1. The second kappa shape index (κ2) is 4.99. The number of nitrogens with one attached hydrogen (secondary N) is 1. The highest BCUT2D eigenvalue weighted by Gasteiger charge is 2.67. The molecule has 3 unspecified atom stereocenters. The zero-order valence-corrected chi connectivity index (χ0v) is 15.6. The molecule has 0 aromatic rings. The number of amides is 1. The quantitative estimate of drug-likeness (QED) is 0.679. The number of rotatable bonds is 1. The van der Waals surface area contributed by atoms with E-state index >= 15 is 0 Å². The zero-order chi connectivity index (χ0) is 18.3. The van der Waals surface area contributed by atoms with Crippen LogP contribution in [0.4, 0.5) is 0 Å². The maximum absolute atomic E-state index is 12.5. The number of fused-ring (bicyclic) bond motifs is 3. The molecule has 2 bridgehead atoms. The first kappa shape index (κ1) is 17.3. The van der Waals surface area contributed by atoms with E-state index in [0.29, 0.717) is 12.8 Å². The lowest BCUT2D eigenvalue weighted by Gasteiger charge is -2.68. The molecule has 3 aliphatic carbocycles. The third-order valence-electron chi connectivity index (χ3n) is 8.78. The molecule has 1 amide bonds. The number of aliphatic hydroxyl groups is 1. The van der Waals surface area contributed by atoms with E-state index in [1.807, 2.05) is 13.8 Å². The van der Waals surface area contributed by atoms with E-state index in [2.05, 4.69) is 12.2 Å². The van der Waals surface area contributed by atoms with Crippen molar-refractivity contribution in [1.29, 1.82) is 0 Å². The molecule has 140 valence electrons. The SMILES string of the molecule is C[C@@]12CCC[C@@](C)(C(=O)O)C1CCC13CC(=O)N[C@](C)(C1)[C@@H](O)CC32. The monoisotopic (exact) mass is 349 g/mol. The van der Waals surface area contributed by atoms with E-state index in [0.717, 1.165) is 38.5 Å². The van der Waals surface area contributed by atoms with Crippen molar-refractivity contribution in [1.82, 2.24) is 5.32 Å². The van der Waals surface area contributed by atoms with Crippen LogP contribution in [0.2, 0.25) is 0 Å². The van der Waals surface area contributed by atoms with E-state index in [-0.39, 0.29) is 28.6 Å². The first-order valence-corrected chi connectivity index (χ1v) is 9.78.